The van der Waals surface area contributed by atoms with Crippen molar-refractivity contribution in [2.45, 2.75) is 12.8 Å². The van der Waals surface area contributed by atoms with E-state index in [1.807, 2.05) is 0 Å². The smallest absolute Gasteiger partial charge is 0.272 e. The third-order valence-corrected chi connectivity index (χ3v) is 3.77. The molecule has 0 saturated carbocycles. The standard InChI is InChI=1S/C17H14Cl2FN3O3/c18-10-5-6-14(12(19)9-10)21-15(24)7-8-16(25)22-23-17(26)11-3-1-2-4-13(11)20/h1-6,9H,7-8H2,(H,21,24)(H,22,25)(H,23,26). The first-order valence-corrected chi connectivity index (χ1v) is 8.21. The van der Waals surface area contributed by atoms with E-state index in [2.05, 4.69) is 16.2 Å². The number of hydrogen-bond acceptors (Lipinski definition) is 3. The maximum atomic E-state index is 13.4. The normalized spacial score (nSPS) is 10.1. The molecule has 0 heterocycles. The summed E-state index contributed by atoms with van der Waals surface area (Å²) < 4.78 is 13.4. The molecule has 136 valence electrons. The van der Waals surface area contributed by atoms with E-state index in [4.69, 9.17) is 23.2 Å². The van der Waals surface area contributed by atoms with Crippen LogP contribution in [0.1, 0.15) is 23.2 Å². The van der Waals surface area contributed by atoms with Crippen LogP contribution in [0.5, 0.6) is 0 Å². The summed E-state index contributed by atoms with van der Waals surface area (Å²) in [4.78, 5) is 35.3. The Morgan fingerprint density at radius 1 is 0.923 bits per heavy atom. The maximum Gasteiger partial charge on any atom is 0.272 e. The molecule has 0 saturated heterocycles. The minimum Gasteiger partial charge on any atom is -0.325 e. The summed E-state index contributed by atoms with van der Waals surface area (Å²) in [7, 11) is 0. The Kier molecular flexibility index (Phi) is 6.94. The summed E-state index contributed by atoms with van der Waals surface area (Å²) in [5.41, 5.74) is 4.36. The molecule has 0 atom stereocenters. The SMILES string of the molecule is O=C(CCC(=O)Nc1ccc(Cl)cc1Cl)NNC(=O)c1ccccc1F. The van der Waals surface area contributed by atoms with Crippen LogP contribution < -0.4 is 16.2 Å². The first-order valence-electron chi connectivity index (χ1n) is 7.45. The average Bonchev–Trinajstić information content (AvgIpc) is 2.60. The molecule has 2 aromatic carbocycles. The van der Waals surface area contributed by atoms with Crippen molar-refractivity contribution in [3.8, 4) is 0 Å². The van der Waals surface area contributed by atoms with Crippen LogP contribution in [0.25, 0.3) is 0 Å². The van der Waals surface area contributed by atoms with Gasteiger partial charge in [-0.15, -0.1) is 0 Å². The van der Waals surface area contributed by atoms with Gasteiger partial charge in [-0.25, -0.2) is 4.39 Å². The number of anilines is 1. The van der Waals surface area contributed by atoms with E-state index in [9.17, 15) is 18.8 Å². The molecule has 3 amide bonds. The fraction of sp³-hybridized carbons (Fsp3) is 0.118. The molecule has 6 nitrogen and oxygen atoms in total. The van der Waals surface area contributed by atoms with Gasteiger partial charge in [-0.2, -0.15) is 0 Å². The Morgan fingerprint density at radius 2 is 1.62 bits per heavy atom. The number of nitrogens with one attached hydrogen (secondary N) is 3. The van der Waals surface area contributed by atoms with E-state index < -0.39 is 23.5 Å². The van der Waals surface area contributed by atoms with Crippen molar-refractivity contribution in [2.24, 2.45) is 0 Å². The molecule has 2 rings (SSSR count). The van der Waals surface area contributed by atoms with Crippen molar-refractivity contribution < 1.29 is 18.8 Å². The van der Waals surface area contributed by atoms with E-state index >= 15 is 0 Å². The van der Waals surface area contributed by atoms with Gasteiger partial charge in [-0.1, -0.05) is 35.3 Å². The molecule has 26 heavy (non-hydrogen) atoms. The number of halogens is 3. The van der Waals surface area contributed by atoms with E-state index in [0.29, 0.717) is 10.7 Å². The zero-order valence-corrected chi connectivity index (χ0v) is 14.8. The van der Waals surface area contributed by atoms with E-state index in [0.717, 1.165) is 6.07 Å². The number of rotatable bonds is 5. The molecule has 0 radical (unpaired) electrons. The van der Waals surface area contributed by atoms with Crippen LogP contribution in [0, 0.1) is 5.82 Å². The van der Waals surface area contributed by atoms with Crippen LogP contribution in [0.15, 0.2) is 42.5 Å². The topological polar surface area (TPSA) is 87.3 Å². The molecule has 0 unspecified atom stereocenters. The largest absolute Gasteiger partial charge is 0.325 e. The molecular formula is C17H14Cl2FN3O3. The second kappa shape index (κ2) is 9.17. The van der Waals surface area contributed by atoms with Crippen molar-refractivity contribution in [1.82, 2.24) is 10.9 Å². The van der Waals surface area contributed by atoms with Gasteiger partial charge in [-0.3, -0.25) is 25.2 Å². The van der Waals surface area contributed by atoms with Gasteiger partial charge < -0.3 is 5.32 Å². The van der Waals surface area contributed by atoms with Crippen molar-refractivity contribution in [2.75, 3.05) is 5.32 Å². The first-order chi connectivity index (χ1) is 12.4. The molecule has 9 heteroatoms. The first kappa shape index (κ1) is 19.7. The molecule has 2 aromatic rings. The predicted molar refractivity (Wildman–Crippen MR) is 96.3 cm³/mol. The van der Waals surface area contributed by atoms with Crippen molar-refractivity contribution in [3.63, 3.8) is 0 Å². The molecule has 3 N–H and O–H groups in total. The molecule has 0 fully saturated rings. The highest BCUT2D eigenvalue weighted by atomic mass is 35.5. The second-order valence-electron chi connectivity index (χ2n) is 5.15. The quantitative estimate of drug-likeness (QED) is 0.676. The lowest BCUT2D eigenvalue weighted by atomic mass is 10.2. The minimum absolute atomic E-state index is 0.139. The van der Waals surface area contributed by atoms with Gasteiger partial charge in [0.25, 0.3) is 5.91 Å². The molecule has 0 aliphatic heterocycles. The number of carbonyl (C=O) groups is 3. The highest BCUT2D eigenvalue weighted by Gasteiger charge is 2.13. The Morgan fingerprint density at radius 3 is 2.31 bits per heavy atom. The minimum atomic E-state index is -0.797. The average molecular weight is 398 g/mol. The lowest BCUT2D eigenvalue weighted by molar-refractivity contribution is -0.124. The van der Waals surface area contributed by atoms with Crippen LogP contribution in [-0.4, -0.2) is 17.7 Å². The Hall–Kier alpha value is -2.64. The van der Waals surface area contributed by atoms with Crippen molar-refractivity contribution >= 4 is 46.6 Å². The fourth-order valence-electron chi connectivity index (χ4n) is 1.93. The summed E-state index contributed by atoms with van der Waals surface area (Å²) in [5, 5.41) is 3.24. The van der Waals surface area contributed by atoms with Gasteiger partial charge in [0, 0.05) is 17.9 Å². The van der Waals surface area contributed by atoms with Crippen molar-refractivity contribution in [1.29, 1.82) is 0 Å². The summed E-state index contributed by atoms with van der Waals surface area (Å²) in [6.45, 7) is 0. The highest BCUT2D eigenvalue weighted by Crippen LogP contribution is 2.25. The number of amides is 3. The van der Waals surface area contributed by atoms with Gasteiger partial charge in [0.2, 0.25) is 11.8 Å². The third kappa shape index (κ3) is 5.72. The van der Waals surface area contributed by atoms with Crippen LogP contribution in [0.4, 0.5) is 10.1 Å². The zero-order valence-electron chi connectivity index (χ0n) is 13.3. The Labute approximate surface area is 158 Å². The number of benzene rings is 2. The predicted octanol–water partition coefficient (Wildman–Crippen LogP) is 3.31. The summed E-state index contributed by atoms with van der Waals surface area (Å²) >= 11 is 11.7. The van der Waals surface area contributed by atoms with Gasteiger partial charge in [-0.05, 0) is 30.3 Å². The van der Waals surface area contributed by atoms with E-state index in [-0.39, 0.29) is 23.4 Å². The highest BCUT2D eigenvalue weighted by molar-refractivity contribution is 6.36. The number of hydrogen-bond donors (Lipinski definition) is 3. The molecule has 0 aromatic heterocycles. The number of hydrazine groups is 1. The maximum absolute atomic E-state index is 13.4. The van der Waals surface area contributed by atoms with Gasteiger partial charge in [0.15, 0.2) is 0 Å². The summed E-state index contributed by atoms with van der Waals surface area (Å²) in [5.74, 6) is -2.55. The van der Waals surface area contributed by atoms with Gasteiger partial charge >= 0.3 is 0 Å². The summed E-state index contributed by atoms with van der Waals surface area (Å²) in [6, 6.07) is 9.92. The van der Waals surface area contributed by atoms with E-state index in [1.165, 1.54) is 30.3 Å². The summed E-state index contributed by atoms with van der Waals surface area (Å²) in [6.07, 6.45) is -0.324. The Bertz CT molecular complexity index is 846. The zero-order chi connectivity index (χ0) is 19.1. The van der Waals surface area contributed by atoms with Crippen LogP contribution in [0.3, 0.4) is 0 Å². The van der Waals surface area contributed by atoms with Gasteiger partial charge in [0.1, 0.15) is 5.82 Å². The number of carbonyl (C=O) groups excluding carboxylic acids is 3. The molecule has 0 aliphatic carbocycles. The van der Waals surface area contributed by atoms with Gasteiger partial charge in [0.05, 0.1) is 16.3 Å². The monoisotopic (exact) mass is 397 g/mol. The third-order valence-electron chi connectivity index (χ3n) is 3.22. The second-order valence-corrected chi connectivity index (χ2v) is 6.00. The van der Waals surface area contributed by atoms with Crippen LogP contribution in [-0.2, 0) is 9.59 Å². The lowest BCUT2D eigenvalue weighted by Gasteiger charge is -2.09. The van der Waals surface area contributed by atoms with Crippen LogP contribution >= 0.6 is 23.2 Å². The lowest BCUT2D eigenvalue weighted by Crippen LogP contribution is -2.42. The molecule has 0 bridgehead atoms. The van der Waals surface area contributed by atoms with Crippen LogP contribution in [0.2, 0.25) is 10.0 Å². The fourth-order valence-corrected chi connectivity index (χ4v) is 2.39. The van der Waals surface area contributed by atoms with Crippen molar-refractivity contribution in [3.05, 3.63) is 63.9 Å². The molecule has 0 spiro atoms. The van der Waals surface area contributed by atoms with E-state index in [1.54, 1.807) is 6.07 Å². The Balaban J connectivity index is 1.77. The molecule has 0 aliphatic rings. The molecular weight excluding hydrogens is 384 g/mol.